The fourth-order valence-electron chi connectivity index (χ4n) is 2.10. The summed E-state index contributed by atoms with van der Waals surface area (Å²) < 4.78 is 31.1. The maximum Gasteiger partial charge on any atom is 0.534 e. The molecule has 0 bridgehead atoms. The standard InChI is InChI=1S/C13H12F2N2O7/c1-6(7-4-8(14)9(15)5-10(7)17(21)22)23-13(20)24-16-11(18)2-3-12(16)19/h4-6,11,18H,2-3H2,1H3. The SMILES string of the molecule is CC(OC(=O)ON1C(=O)CCC1O)c1cc(F)c(F)cc1[N+](=O)[O-]. The number of hydroxylamine groups is 2. The Labute approximate surface area is 133 Å². The minimum Gasteiger partial charge on any atom is -0.425 e. The van der Waals surface area contributed by atoms with E-state index in [4.69, 9.17) is 4.74 Å². The van der Waals surface area contributed by atoms with Crippen LogP contribution in [0.25, 0.3) is 0 Å². The Bertz CT molecular complexity index is 697. The monoisotopic (exact) mass is 346 g/mol. The van der Waals surface area contributed by atoms with Gasteiger partial charge in [-0.1, -0.05) is 0 Å². The van der Waals surface area contributed by atoms with Gasteiger partial charge in [0, 0.05) is 12.8 Å². The average molecular weight is 346 g/mol. The summed E-state index contributed by atoms with van der Waals surface area (Å²) in [7, 11) is 0. The zero-order chi connectivity index (χ0) is 18.0. The van der Waals surface area contributed by atoms with Gasteiger partial charge in [-0.2, -0.15) is 0 Å². The number of nitro benzene ring substituents is 1. The smallest absolute Gasteiger partial charge is 0.425 e. The zero-order valence-electron chi connectivity index (χ0n) is 12.3. The van der Waals surface area contributed by atoms with E-state index >= 15 is 0 Å². The van der Waals surface area contributed by atoms with Gasteiger partial charge in [-0.25, -0.2) is 13.6 Å². The van der Waals surface area contributed by atoms with Gasteiger partial charge >= 0.3 is 6.16 Å². The molecule has 1 aromatic rings. The summed E-state index contributed by atoms with van der Waals surface area (Å²) in [4.78, 5) is 37.4. The first-order chi connectivity index (χ1) is 11.2. The summed E-state index contributed by atoms with van der Waals surface area (Å²) in [6.45, 7) is 1.17. The topological polar surface area (TPSA) is 119 Å². The molecule has 24 heavy (non-hydrogen) atoms. The normalized spacial score (nSPS) is 18.4. The number of aliphatic hydroxyl groups is 1. The Morgan fingerprint density at radius 1 is 1.46 bits per heavy atom. The Kier molecular flexibility index (Phi) is 4.93. The fourth-order valence-corrected chi connectivity index (χ4v) is 2.10. The van der Waals surface area contributed by atoms with Gasteiger partial charge in [0.25, 0.3) is 11.6 Å². The molecule has 1 amide bonds. The van der Waals surface area contributed by atoms with Crippen molar-refractivity contribution < 1.29 is 38.0 Å². The summed E-state index contributed by atoms with van der Waals surface area (Å²) in [6.07, 6.45) is -4.09. The number of amides is 1. The second-order valence-electron chi connectivity index (χ2n) is 4.92. The van der Waals surface area contributed by atoms with Gasteiger partial charge in [0.05, 0.1) is 16.6 Å². The molecule has 2 unspecified atom stereocenters. The molecule has 2 atom stereocenters. The second kappa shape index (κ2) is 6.74. The van der Waals surface area contributed by atoms with E-state index in [1.165, 1.54) is 6.92 Å². The predicted octanol–water partition coefficient (Wildman–Crippen LogP) is 1.94. The van der Waals surface area contributed by atoms with Gasteiger partial charge < -0.3 is 14.7 Å². The van der Waals surface area contributed by atoms with Gasteiger partial charge in [-0.15, -0.1) is 5.06 Å². The van der Waals surface area contributed by atoms with Crippen molar-refractivity contribution >= 4 is 17.7 Å². The lowest BCUT2D eigenvalue weighted by molar-refractivity contribution is -0.386. The minimum absolute atomic E-state index is 0.0291. The first kappa shape index (κ1) is 17.5. The van der Waals surface area contributed by atoms with E-state index in [1.807, 2.05) is 0 Å². The quantitative estimate of drug-likeness (QED) is 0.502. The van der Waals surface area contributed by atoms with Crippen molar-refractivity contribution in [1.82, 2.24) is 5.06 Å². The summed E-state index contributed by atoms with van der Waals surface area (Å²) in [6, 6.07) is 0.894. The number of rotatable bonds is 4. The molecule has 1 saturated heterocycles. The van der Waals surface area contributed by atoms with Gasteiger partial charge in [-0.05, 0) is 13.0 Å². The van der Waals surface area contributed by atoms with E-state index in [2.05, 4.69) is 4.84 Å². The first-order valence-electron chi connectivity index (χ1n) is 6.72. The number of benzene rings is 1. The lowest BCUT2D eigenvalue weighted by atomic mass is 10.1. The number of nitrogens with zero attached hydrogens (tertiary/aromatic N) is 2. The molecule has 9 nitrogen and oxygen atoms in total. The van der Waals surface area contributed by atoms with Gasteiger partial charge in [0.1, 0.15) is 6.10 Å². The number of halogens is 2. The molecular formula is C13H12F2N2O7. The van der Waals surface area contributed by atoms with Crippen LogP contribution in [0, 0.1) is 21.7 Å². The fraction of sp³-hybridized carbons (Fsp3) is 0.385. The summed E-state index contributed by atoms with van der Waals surface area (Å²) in [5, 5.41) is 20.7. The number of ether oxygens (including phenoxy) is 1. The second-order valence-corrected chi connectivity index (χ2v) is 4.92. The Morgan fingerprint density at radius 2 is 2.08 bits per heavy atom. The molecule has 1 aliphatic rings. The highest BCUT2D eigenvalue weighted by Gasteiger charge is 2.34. The molecule has 11 heteroatoms. The molecular weight excluding hydrogens is 334 g/mol. The van der Waals surface area contributed by atoms with Crippen LogP contribution in [0.3, 0.4) is 0 Å². The molecule has 130 valence electrons. The highest BCUT2D eigenvalue weighted by atomic mass is 19.2. The van der Waals surface area contributed by atoms with Gasteiger partial charge in [0.2, 0.25) is 0 Å². The van der Waals surface area contributed by atoms with Crippen LogP contribution in [0.4, 0.5) is 19.3 Å². The van der Waals surface area contributed by atoms with E-state index in [9.17, 15) is 33.6 Å². The summed E-state index contributed by atoms with van der Waals surface area (Å²) in [5.41, 5.74) is -1.18. The van der Waals surface area contributed by atoms with Crippen LogP contribution in [0.15, 0.2) is 12.1 Å². The van der Waals surface area contributed by atoms with Gasteiger partial charge in [0.15, 0.2) is 17.9 Å². The van der Waals surface area contributed by atoms with E-state index in [-0.39, 0.29) is 12.8 Å². The number of carbonyl (C=O) groups excluding carboxylic acids is 2. The van der Waals surface area contributed by atoms with Crippen LogP contribution in [-0.4, -0.2) is 33.4 Å². The number of nitro groups is 1. The Hall–Kier alpha value is -2.82. The first-order valence-corrected chi connectivity index (χ1v) is 6.72. The third-order valence-corrected chi connectivity index (χ3v) is 3.28. The summed E-state index contributed by atoms with van der Waals surface area (Å²) >= 11 is 0. The third-order valence-electron chi connectivity index (χ3n) is 3.28. The molecule has 1 aromatic carbocycles. The maximum absolute atomic E-state index is 13.3. The van der Waals surface area contributed by atoms with E-state index in [0.717, 1.165) is 0 Å². The van der Waals surface area contributed by atoms with E-state index in [1.54, 1.807) is 0 Å². The molecule has 1 heterocycles. The number of hydrogen-bond donors (Lipinski definition) is 1. The molecule has 0 aromatic heterocycles. The number of aliphatic hydroxyl groups excluding tert-OH is 1. The van der Waals surface area contributed by atoms with Crippen molar-refractivity contribution in [3.8, 4) is 0 Å². The van der Waals surface area contributed by atoms with Crippen LogP contribution in [-0.2, 0) is 14.4 Å². The van der Waals surface area contributed by atoms with Crippen LogP contribution < -0.4 is 0 Å². The Morgan fingerprint density at radius 3 is 2.62 bits per heavy atom. The third kappa shape index (κ3) is 3.56. The van der Waals surface area contributed by atoms with Crippen LogP contribution >= 0.6 is 0 Å². The van der Waals surface area contributed by atoms with Crippen molar-refractivity contribution in [1.29, 1.82) is 0 Å². The van der Waals surface area contributed by atoms with Crippen molar-refractivity contribution in [3.63, 3.8) is 0 Å². The average Bonchev–Trinajstić information content (AvgIpc) is 2.81. The molecule has 0 spiro atoms. The zero-order valence-corrected chi connectivity index (χ0v) is 12.3. The highest BCUT2D eigenvalue weighted by Crippen LogP contribution is 2.30. The highest BCUT2D eigenvalue weighted by molar-refractivity contribution is 5.78. The van der Waals surface area contributed by atoms with Crippen molar-refractivity contribution in [2.45, 2.75) is 32.1 Å². The lowest BCUT2D eigenvalue weighted by Crippen LogP contribution is -2.35. The predicted molar refractivity (Wildman–Crippen MR) is 71.1 cm³/mol. The van der Waals surface area contributed by atoms with E-state index in [0.29, 0.717) is 17.2 Å². The largest absolute Gasteiger partial charge is 0.534 e. The summed E-state index contributed by atoms with van der Waals surface area (Å²) in [5.74, 6) is -3.43. The Balaban J connectivity index is 2.13. The van der Waals surface area contributed by atoms with Crippen LogP contribution in [0.2, 0.25) is 0 Å². The van der Waals surface area contributed by atoms with E-state index < -0.39 is 52.2 Å². The van der Waals surface area contributed by atoms with Crippen LogP contribution in [0.5, 0.6) is 0 Å². The number of hydrogen-bond acceptors (Lipinski definition) is 7. The molecule has 0 aliphatic carbocycles. The molecule has 2 rings (SSSR count). The minimum atomic E-state index is -1.43. The van der Waals surface area contributed by atoms with Crippen molar-refractivity contribution in [2.24, 2.45) is 0 Å². The van der Waals surface area contributed by atoms with Gasteiger partial charge in [-0.3, -0.25) is 14.9 Å². The molecule has 0 radical (unpaired) electrons. The maximum atomic E-state index is 13.3. The molecule has 1 fully saturated rings. The van der Waals surface area contributed by atoms with Crippen molar-refractivity contribution in [3.05, 3.63) is 39.4 Å². The van der Waals surface area contributed by atoms with Crippen molar-refractivity contribution in [2.75, 3.05) is 0 Å². The lowest BCUT2D eigenvalue weighted by Gasteiger charge is -2.20. The number of carbonyl (C=O) groups is 2. The molecule has 1 aliphatic heterocycles. The molecule has 1 N–H and O–H groups in total. The molecule has 0 saturated carbocycles. The van der Waals surface area contributed by atoms with Crippen LogP contribution in [0.1, 0.15) is 31.4 Å².